The maximum absolute atomic E-state index is 13.0. The van der Waals surface area contributed by atoms with E-state index in [1.807, 2.05) is 0 Å². The number of esters is 1. The molecule has 0 radical (unpaired) electrons. The highest BCUT2D eigenvalue weighted by Gasteiger charge is 2.20. The molecular weight excluding hydrogens is 335 g/mol. The van der Waals surface area contributed by atoms with Crippen molar-refractivity contribution in [2.45, 2.75) is 20.8 Å². The molecule has 0 saturated heterocycles. The minimum absolute atomic E-state index is 0.183. The molecular formula is C20H29FN2O3. The van der Waals surface area contributed by atoms with Crippen molar-refractivity contribution >= 4 is 18.0 Å². The van der Waals surface area contributed by atoms with Crippen LogP contribution in [0.4, 0.5) is 4.39 Å². The number of hydrogen-bond acceptors (Lipinski definition) is 4. The number of hydrogen-bond donors (Lipinski definition) is 0. The van der Waals surface area contributed by atoms with Crippen LogP contribution in [0.5, 0.6) is 0 Å². The second-order valence-corrected chi connectivity index (χ2v) is 6.12. The molecule has 1 amide bonds. The molecule has 1 unspecified atom stereocenters. The number of likely N-dealkylation sites (N-methyl/N-ethyl adjacent to an activating group) is 1. The number of nitrogens with zero attached hydrogens (tertiary/aromatic N) is 2. The first-order valence-corrected chi connectivity index (χ1v) is 8.93. The predicted molar refractivity (Wildman–Crippen MR) is 101 cm³/mol. The first kappa shape index (κ1) is 21.8. The van der Waals surface area contributed by atoms with E-state index in [1.165, 1.54) is 25.3 Å². The molecule has 0 heterocycles. The van der Waals surface area contributed by atoms with Gasteiger partial charge in [0, 0.05) is 25.7 Å². The molecule has 26 heavy (non-hydrogen) atoms. The first-order valence-electron chi connectivity index (χ1n) is 8.93. The Bertz CT molecular complexity index is 598. The fourth-order valence-electron chi connectivity index (χ4n) is 2.55. The Kier molecular flexibility index (Phi) is 9.58. The number of amides is 1. The van der Waals surface area contributed by atoms with E-state index in [-0.39, 0.29) is 17.7 Å². The van der Waals surface area contributed by atoms with Crippen LogP contribution in [0.15, 0.2) is 30.3 Å². The Balaban J connectivity index is 2.81. The number of rotatable bonds is 10. The van der Waals surface area contributed by atoms with E-state index in [2.05, 4.69) is 18.7 Å². The van der Waals surface area contributed by atoms with Crippen molar-refractivity contribution < 1.29 is 18.7 Å². The van der Waals surface area contributed by atoms with Crippen LogP contribution < -0.4 is 0 Å². The minimum atomic E-state index is -0.403. The average molecular weight is 364 g/mol. The van der Waals surface area contributed by atoms with Gasteiger partial charge in [0.1, 0.15) is 5.82 Å². The van der Waals surface area contributed by atoms with Gasteiger partial charge in [-0.2, -0.15) is 0 Å². The summed E-state index contributed by atoms with van der Waals surface area (Å²) in [4.78, 5) is 28.2. The third-order valence-electron chi connectivity index (χ3n) is 4.28. The molecule has 0 bridgehead atoms. The van der Waals surface area contributed by atoms with Gasteiger partial charge in [0.05, 0.1) is 13.0 Å². The fraction of sp³-hybridized carbons (Fsp3) is 0.500. The number of halogens is 1. The summed E-state index contributed by atoms with van der Waals surface area (Å²) in [6, 6.07) is 5.91. The Morgan fingerprint density at radius 2 is 1.77 bits per heavy atom. The number of benzene rings is 1. The standard InChI is InChI=1S/C20H29FN2O3/c1-5-22(6-2)13-14-23(15-16(3)20(25)26-4)19(24)12-9-17-7-10-18(21)11-8-17/h7-12,16H,5-6,13-15H2,1-4H3/b12-9+. The van der Waals surface area contributed by atoms with Gasteiger partial charge in [0.2, 0.25) is 5.91 Å². The van der Waals surface area contributed by atoms with Gasteiger partial charge in [0.15, 0.2) is 0 Å². The van der Waals surface area contributed by atoms with E-state index in [0.717, 1.165) is 25.2 Å². The van der Waals surface area contributed by atoms with Crippen LogP contribution in [0.3, 0.4) is 0 Å². The van der Waals surface area contributed by atoms with Gasteiger partial charge >= 0.3 is 5.97 Å². The molecule has 144 valence electrons. The smallest absolute Gasteiger partial charge is 0.310 e. The number of methoxy groups -OCH3 is 1. The van der Waals surface area contributed by atoms with Crippen molar-refractivity contribution in [1.82, 2.24) is 9.80 Å². The number of carbonyl (C=O) groups is 2. The summed E-state index contributed by atoms with van der Waals surface area (Å²) >= 11 is 0. The molecule has 0 fully saturated rings. The summed E-state index contributed by atoms with van der Waals surface area (Å²) in [7, 11) is 1.34. The lowest BCUT2D eigenvalue weighted by Gasteiger charge is -2.27. The van der Waals surface area contributed by atoms with Gasteiger partial charge in [-0.3, -0.25) is 9.59 Å². The third-order valence-corrected chi connectivity index (χ3v) is 4.28. The summed E-state index contributed by atoms with van der Waals surface area (Å²) < 4.78 is 17.7. The minimum Gasteiger partial charge on any atom is -0.469 e. The Hall–Kier alpha value is -2.21. The van der Waals surface area contributed by atoms with Crippen molar-refractivity contribution in [3.05, 3.63) is 41.7 Å². The largest absolute Gasteiger partial charge is 0.469 e. The lowest BCUT2D eigenvalue weighted by molar-refractivity contribution is -0.146. The van der Waals surface area contributed by atoms with Crippen molar-refractivity contribution in [1.29, 1.82) is 0 Å². The molecule has 0 aromatic heterocycles. The molecule has 0 aliphatic heterocycles. The van der Waals surface area contributed by atoms with Gasteiger partial charge < -0.3 is 14.5 Å². The van der Waals surface area contributed by atoms with E-state index >= 15 is 0 Å². The second kappa shape index (κ2) is 11.4. The van der Waals surface area contributed by atoms with Crippen molar-refractivity contribution in [2.75, 3.05) is 39.8 Å². The van der Waals surface area contributed by atoms with E-state index in [1.54, 1.807) is 30.0 Å². The third kappa shape index (κ3) is 7.35. The summed E-state index contributed by atoms with van der Waals surface area (Å²) in [6.07, 6.45) is 3.11. The normalized spacial score (nSPS) is 12.4. The first-order chi connectivity index (χ1) is 12.4. The molecule has 1 atom stereocenters. The van der Waals surface area contributed by atoms with E-state index in [0.29, 0.717) is 13.1 Å². The van der Waals surface area contributed by atoms with Crippen LogP contribution in [0.25, 0.3) is 6.08 Å². The van der Waals surface area contributed by atoms with Crippen LogP contribution in [0, 0.1) is 11.7 Å². The highest BCUT2D eigenvalue weighted by Crippen LogP contribution is 2.08. The fourth-order valence-corrected chi connectivity index (χ4v) is 2.55. The van der Waals surface area contributed by atoms with Crippen LogP contribution in [-0.4, -0.2) is 61.5 Å². The van der Waals surface area contributed by atoms with Crippen LogP contribution in [-0.2, 0) is 14.3 Å². The van der Waals surface area contributed by atoms with Crippen molar-refractivity contribution in [2.24, 2.45) is 5.92 Å². The average Bonchev–Trinajstić information content (AvgIpc) is 2.66. The summed E-state index contributed by atoms with van der Waals surface area (Å²) in [5.74, 6) is -1.24. The topological polar surface area (TPSA) is 49.9 Å². The highest BCUT2D eigenvalue weighted by molar-refractivity contribution is 5.92. The molecule has 0 aliphatic rings. The molecule has 0 spiro atoms. The van der Waals surface area contributed by atoms with Crippen LogP contribution in [0.2, 0.25) is 0 Å². The molecule has 1 aromatic rings. The Labute approximate surface area is 155 Å². The predicted octanol–water partition coefficient (Wildman–Crippen LogP) is 2.82. The molecule has 1 aromatic carbocycles. The maximum atomic E-state index is 13.0. The zero-order valence-electron chi connectivity index (χ0n) is 16.1. The van der Waals surface area contributed by atoms with Gasteiger partial charge in [-0.25, -0.2) is 4.39 Å². The van der Waals surface area contributed by atoms with Gasteiger partial charge in [0.25, 0.3) is 0 Å². The summed E-state index contributed by atoms with van der Waals surface area (Å²) in [5.41, 5.74) is 0.740. The van der Waals surface area contributed by atoms with Crippen LogP contribution in [0.1, 0.15) is 26.3 Å². The summed E-state index contributed by atoms with van der Waals surface area (Å²) in [6.45, 7) is 9.23. The molecule has 0 saturated carbocycles. The molecule has 0 aliphatic carbocycles. The zero-order chi connectivity index (χ0) is 19.5. The maximum Gasteiger partial charge on any atom is 0.310 e. The molecule has 5 nitrogen and oxygen atoms in total. The van der Waals surface area contributed by atoms with Crippen LogP contribution >= 0.6 is 0 Å². The monoisotopic (exact) mass is 364 g/mol. The van der Waals surface area contributed by atoms with Gasteiger partial charge in [-0.1, -0.05) is 32.9 Å². The second-order valence-electron chi connectivity index (χ2n) is 6.12. The number of ether oxygens (including phenoxy) is 1. The lowest BCUT2D eigenvalue weighted by Crippen LogP contribution is -2.41. The van der Waals surface area contributed by atoms with Gasteiger partial charge in [-0.15, -0.1) is 0 Å². The Morgan fingerprint density at radius 3 is 2.31 bits per heavy atom. The van der Waals surface area contributed by atoms with Crippen molar-refractivity contribution in [3.63, 3.8) is 0 Å². The van der Waals surface area contributed by atoms with E-state index in [9.17, 15) is 14.0 Å². The van der Waals surface area contributed by atoms with Gasteiger partial charge in [-0.05, 0) is 36.9 Å². The highest BCUT2D eigenvalue weighted by atomic mass is 19.1. The number of carbonyl (C=O) groups excluding carboxylic acids is 2. The quantitative estimate of drug-likeness (QED) is 0.473. The summed E-state index contributed by atoms with van der Waals surface area (Å²) in [5, 5.41) is 0. The molecule has 0 N–H and O–H groups in total. The Morgan fingerprint density at radius 1 is 1.15 bits per heavy atom. The van der Waals surface area contributed by atoms with Crippen molar-refractivity contribution in [3.8, 4) is 0 Å². The van der Waals surface area contributed by atoms with E-state index in [4.69, 9.17) is 4.74 Å². The SMILES string of the molecule is CCN(CC)CCN(CC(C)C(=O)OC)C(=O)/C=C/c1ccc(F)cc1. The molecule has 6 heteroatoms. The zero-order valence-corrected chi connectivity index (χ0v) is 16.1. The lowest BCUT2D eigenvalue weighted by atomic mass is 10.1. The van der Waals surface area contributed by atoms with E-state index < -0.39 is 5.92 Å². The molecule has 1 rings (SSSR count).